The molecule has 4 aliphatic rings. The number of nitrogens with zero attached hydrogens (tertiary/aromatic N) is 3. The van der Waals surface area contributed by atoms with Crippen molar-refractivity contribution >= 4 is 35.1 Å². The molecule has 2 unspecified atom stereocenters. The number of pyridine rings is 1. The number of hydrogen-bond donors (Lipinski definition) is 3. The van der Waals surface area contributed by atoms with Gasteiger partial charge in [-0.05, 0) is 91.8 Å². The Labute approximate surface area is 311 Å². The summed E-state index contributed by atoms with van der Waals surface area (Å²) in [6, 6.07) is 4.74. The highest BCUT2D eigenvalue weighted by molar-refractivity contribution is 6.38. The molecular weight excluding hydrogens is 676 g/mol. The number of benzene rings is 1. The molecule has 3 heterocycles. The minimum atomic E-state index is -1.05. The Kier molecular flexibility index (Phi) is 10.7. The summed E-state index contributed by atoms with van der Waals surface area (Å²) >= 11 is 0. The van der Waals surface area contributed by atoms with E-state index in [0.717, 1.165) is 40.8 Å². The van der Waals surface area contributed by atoms with Crippen LogP contribution in [0.3, 0.4) is 0 Å². The normalized spacial score (nSPS) is 24.5. The number of rotatable bonds is 13. The Hall–Kier alpha value is -4.81. The first kappa shape index (κ1) is 37.9. The zero-order valence-corrected chi connectivity index (χ0v) is 31.8. The summed E-state index contributed by atoms with van der Waals surface area (Å²) in [6.07, 6.45) is 6.68. The standard InChI is InChI=1S/C40H52N6O7/c1-8-52-33-22(2)15-26(16-23(33)3)30-19-40(53-45-30)20-31(36(49)43-29(17-24-9-10-24)32(47)37(50)41-7)46(21-40)38(51)34(39(4,5)6)44-35(48)28-18-27(28)25-11-13-42-14-12-25/h11-16,24,27-29,31,34H,8-10,17-21H2,1-7H3,(H,41,50)(H,43,49)(H,44,48)/t27?,28?,29-,31-,34+,40+/m0/s1. The van der Waals surface area contributed by atoms with Gasteiger partial charge in [0.1, 0.15) is 17.8 Å². The zero-order chi connectivity index (χ0) is 38.2. The van der Waals surface area contributed by atoms with E-state index in [1.807, 2.05) is 65.8 Å². The van der Waals surface area contributed by atoms with E-state index in [9.17, 15) is 24.0 Å². The number of likely N-dealkylation sites (N-methyl/N-ethyl adjacent to an activating group) is 1. The molecule has 0 radical (unpaired) electrons. The molecule has 3 N–H and O–H groups in total. The van der Waals surface area contributed by atoms with Crippen molar-refractivity contribution < 1.29 is 33.5 Å². The minimum absolute atomic E-state index is 0.0358. The van der Waals surface area contributed by atoms with Crippen molar-refractivity contribution in [2.75, 3.05) is 20.2 Å². The van der Waals surface area contributed by atoms with Crippen molar-refractivity contribution in [2.24, 2.45) is 22.4 Å². The lowest BCUT2D eigenvalue weighted by Crippen LogP contribution is -2.59. The third-order valence-corrected chi connectivity index (χ3v) is 10.9. The molecule has 13 nitrogen and oxygen atoms in total. The molecule has 0 bridgehead atoms. The summed E-state index contributed by atoms with van der Waals surface area (Å²) in [5.41, 5.74) is 2.74. The molecule has 4 amide bonds. The van der Waals surface area contributed by atoms with Gasteiger partial charge in [-0.2, -0.15) is 0 Å². The van der Waals surface area contributed by atoms with Gasteiger partial charge in [0.15, 0.2) is 5.60 Å². The van der Waals surface area contributed by atoms with E-state index in [1.165, 1.54) is 11.9 Å². The predicted molar refractivity (Wildman–Crippen MR) is 197 cm³/mol. The van der Waals surface area contributed by atoms with Crippen molar-refractivity contribution in [2.45, 2.75) is 110 Å². The molecular formula is C40H52N6O7. The SMILES string of the molecule is CCOc1c(C)cc(C2=NO[C@]3(C2)C[C@@H](C(=O)N[C@@H](CC2CC2)C(=O)C(=O)NC)N(C(=O)[C@@H](NC(=O)C2CC2c2ccncc2)C(C)(C)C)C3)cc1C. The molecule has 1 aromatic carbocycles. The maximum Gasteiger partial charge on any atom is 0.289 e. The van der Waals surface area contributed by atoms with E-state index in [-0.39, 0.29) is 36.6 Å². The molecule has 53 heavy (non-hydrogen) atoms. The number of likely N-dealkylation sites (tertiary alicyclic amines) is 1. The first-order valence-corrected chi connectivity index (χ1v) is 18.7. The van der Waals surface area contributed by atoms with Crippen molar-refractivity contribution in [3.05, 3.63) is 58.9 Å². The maximum absolute atomic E-state index is 14.8. The fraction of sp³-hybridized carbons (Fsp3) is 0.575. The fourth-order valence-electron chi connectivity index (χ4n) is 7.77. The fourth-order valence-corrected chi connectivity index (χ4v) is 7.77. The van der Waals surface area contributed by atoms with Crippen molar-refractivity contribution in [1.82, 2.24) is 25.8 Å². The van der Waals surface area contributed by atoms with Gasteiger partial charge in [-0.3, -0.25) is 29.0 Å². The van der Waals surface area contributed by atoms with Crippen LogP contribution in [0.4, 0.5) is 0 Å². The highest BCUT2D eigenvalue weighted by atomic mass is 16.7. The van der Waals surface area contributed by atoms with Gasteiger partial charge < -0.3 is 30.4 Å². The van der Waals surface area contributed by atoms with Crippen molar-refractivity contribution in [3.8, 4) is 5.75 Å². The van der Waals surface area contributed by atoms with E-state index >= 15 is 0 Å². The number of carbonyl (C=O) groups is 5. The van der Waals surface area contributed by atoms with Gasteiger partial charge in [0.25, 0.3) is 5.91 Å². The molecule has 1 saturated heterocycles. The smallest absolute Gasteiger partial charge is 0.289 e. The Morgan fingerprint density at radius 1 is 1.04 bits per heavy atom. The van der Waals surface area contributed by atoms with Crippen LogP contribution in [0, 0.1) is 31.1 Å². The van der Waals surface area contributed by atoms with Crippen LogP contribution in [0.1, 0.15) is 94.4 Å². The average Bonchev–Trinajstić information content (AvgIpc) is 4.05. The van der Waals surface area contributed by atoms with Crippen LogP contribution in [0.5, 0.6) is 5.75 Å². The molecule has 6 atom stereocenters. The van der Waals surface area contributed by atoms with Gasteiger partial charge in [0.05, 0.1) is 24.9 Å². The summed E-state index contributed by atoms with van der Waals surface area (Å²) in [6.45, 7) is 12.1. The molecule has 284 valence electrons. The number of oxime groups is 1. The molecule has 2 aliphatic carbocycles. The second-order valence-electron chi connectivity index (χ2n) is 16.3. The van der Waals surface area contributed by atoms with Crippen LogP contribution in [0.25, 0.3) is 0 Å². The molecule has 1 spiro atoms. The van der Waals surface area contributed by atoms with Crippen LogP contribution < -0.4 is 20.7 Å². The molecule has 2 aliphatic heterocycles. The molecule has 1 aromatic heterocycles. The van der Waals surface area contributed by atoms with E-state index in [1.54, 1.807) is 12.4 Å². The first-order chi connectivity index (χ1) is 25.1. The van der Waals surface area contributed by atoms with E-state index in [2.05, 4.69) is 26.1 Å². The second-order valence-corrected chi connectivity index (χ2v) is 16.3. The van der Waals surface area contributed by atoms with Crippen LogP contribution in [0.15, 0.2) is 41.8 Å². The van der Waals surface area contributed by atoms with Gasteiger partial charge >= 0.3 is 0 Å². The number of Topliss-reactive ketones (excluding diaryl/α,β-unsaturated/α-hetero) is 1. The average molecular weight is 729 g/mol. The monoisotopic (exact) mass is 728 g/mol. The lowest BCUT2D eigenvalue weighted by atomic mass is 9.85. The first-order valence-electron chi connectivity index (χ1n) is 18.7. The van der Waals surface area contributed by atoms with Crippen LogP contribution in [0.2, 0.25) is 0 Å². The number of aryl methyl sites for hydroxylation is 2. The highest BCUT2D eigenvalue weighted by Crippen LogP contribution is 2.48. The van der Waals surface area contributed by atoms with Gasteiger partial charge in [-0.15, -0.1) is 0 Å². The van der Waals surface area contributed by atoms with Crippen LogP contribution >= 0.6 is 0 Å². The number of nitrogens with one attached hydrogen (secondary N) is 3. The third-order valence-electron chi connectivity index (χ3n) is 10.9. The minimum Gasteiger partial charge on any atom is -0.493 e. The summed E-state index contributed by atoms with van der Waals surface area (Å²) in [5.74, 6) is -1.90. The lowest BCUT2D eigenvalue weighted by molar-refractivity contribution is -0.145. The van der Waals surface area contributed by atoms with Gasteiger partial charge in [-0.1, -0.05) is 38.8 Å². The van der Waals surface area contributed by atoms with Crippen LogP contribution in [-0.4, -0.2) is 88.9 Å². The highest BCUT2D eigenvalue weighted by Gasteiger charge is 2.56. The van der Waals surface area contributed by atoms with Gasteiger partial charge in [0, 0.05) is 43.8 Å². The molecule has 13 heteroatoms. The predicted octanol–water partition coefficient (Wildman–Crippen LogP) is 3.50. The number of amides is 4. The summed E-state index contributed by atoms with van der Waals surface area (Å²) in [4.78, 5) is 80.0. The summed E-state index contributed by atoms with van der Waals surface area (Å²) in [5, 5.41) is 12.8. The Bertz CT molecular complexity index is 1780. The van der Waals surface area contributed by atoms with Gasteiger partial charge in [0.2, 0.25) is 23.5 Å². The number of hydrogen-bond acceptors (Lipinski definition) is 9. The summed E-state index contributed by atoms with van der Waals surface area (Å²) in [7, 11) is 1.38. The van der Waals surface area contributed by atoms with Crippen molar-refractivity contribution in [1.29, 1.82) is 0 Å². The topological polar surface area (TPSA) is 168 Å². The number of carbonyl (C=O) groups excluding carboxylic acids is 5. The number of ether oxygens (including phenoxy) is 1. The third kappa shape index (κ3) is 8.23. The molecule has 3 fully saturated rings. The maximum atomic E-state index is 14.8. The van der Waals surface area contributed by atoms with E-state index in [4.69, 9.17) is 9.57 Å². The molecule has 2 aromatic rings. The Morgan fingerprint density at radius 3 is 2.32 bits per heavy atom. The molecule has 6 rings (SSSR count). The lowest BCUT2D eigenvalue weighted by Gasteiger charge is -2.35. The van der Waals surface area contributed by atoms with Gasteiger partial charge in [-0.25, -0.2) is 0 Å². The number of ketones is 1. The van der Waals surface area contributed by atoms with E-state index in [0.29, 0.717) is 31.6 Å². The number of aromatic nitrogens is 1. The summed E-state index contributed by atoms with van der Waals surface area (Å²) < 4.78 is 5.84. The van der Waals surface area contributed by atoms with E-state index < -0.39 is 52.6 Å². The Morgan fingerprint density at radius 2 is 1.72 bits per heavy atom. The Balaban J connectivity index is 1.26. The quantitative estimate of drug-likeness (QED) is 0.264. The van der Waals surface area contributed by atoms with Crippen molar-refractivity contribution in [3.63, 3.8) is 0 Å². The van der Waals surface area contributed by atoms with Crippen LogP contribution in [-0.2, 0) is 28.8 Å². The zero-order valence-electron chi connectivity index (χ0n) is 31.8. The largest absolute Gasteiger partial charge is 0.493 e. The second kappa shape index (κ2) is 14.9. The molecule has 2 saturated carbocycles.